The first-order valence-corrected chi connectivity index (χ1v) is 6.36. The number of pyridine rings is 1. The molecule has 0 bridgehead atoms. The predicted molar refractivity (Wildman–Crippen MR) is 75.1 cm³/mol. The van der Waals surface area contributed by atoms with Crippen molar-refractivity contribution >= 4 is 21.6 Å². The highest BCUT2D eigenvalue weighted by Gasteiger charge is 2.06. The lowest BCUT2D eigenvalue weighted by molar-refractivity contribution is 0.875. The second-order valence-corrected chi connectivity index (χ2v) is 4.81. The zero-order valence-corrected chi connectivity index (χ0v) is 11.5. The van der Waals surface area contributed by atoms with E-state index in [4.69, 9.17) is 5.26 Å². The van der Waals surface area contributed by atoms with Gasteiger partial charge in [-0.3, -0.25) is 4.98 Å². The zero-order valence-electron chi connectivity index (χ0n) is 9.89. The normalized spacial score (nSPS) is 11.6. The fourth-order valence-corrected chi connectivity index (χ4v) is 2.13. The third-order valence-corrected chi connectivity index (χ3v) is 3.31. The van der Waals surface area contributed by atoms with Crippen molar-refractivity contribution in [2.75, 3.05) is 5.32 Å². The Balaban J connectivity index is 2.15. The van der Waals surface area contributed by atoms with Crippen LogP contribution in [0.15, 0.2) is 47.2 Å². The monoisotopic (exact) mass is 301 g/mol. The predicted octanol–water partition coefficient (Wildman–Crippen LogP) is 3.89. The summed E-state index contributed by atoms with van der Waals surface area (Å²) in [5.41, 5.74) is 2.73. The molecule has 0 aliphatic heterocycles. The lowest BCUT2D eigenvalue weighted by atomic mass is 10.1. The van der Waals surface area contributed by atoms with Crippen LogP contribution >= 0.6 is 15.9 Å². The van der Waals surface area contributed by atoms with Gasteiger partial charge in [-0.05, 0) is 52.7 Å². The van der Waals surface area contributed by atoms with Crippen LogP contribution in [0.3, 0.4) is 0 Å². The van der Waals surface area contributed by atoms with Crippen LogP contribution < -0.4 is 5.32 Å². The number of hydrogen-bond donors (Lipinski definition) is 1. The van der Waals surface area contributed by atoms with Crippen LogP contribution in [-0.2, 0) is 0 Å². The molecular weight excluding hydrogens is 290 g/mol. The molecule has 1 aromatic heterocycles. The van der Waals surface area contributed by atoms with Gasteiger partial charge in [-0.1, -0.05) is 6.07 Å². The van der Waals surface area contributed by atoms with Crippen LogP contribution in [-0.4, -0.2) is 4.98 Å². The Labute approximate surface area is 115 Å². The Morgan fingerprint density at radius 3 is 2.83 bits per heavy atom. The van der Waals surface area contributed by atoms with E-state index in [1.165, 1.54) is 0 Å². The summed E-state index contributed by atoms with van der Waals surface area (Å²) in [6.45, 7) is 2.07. The van der Waals surface area contributed by atoms with Crippen molar-refractivity contribution < 1.29 is 0 Å². The lowest BCUT2D eigenvalue weighted by Crippen LogP contribution is -2.06. The van der Waals surface area contributed by atoms with Crippen LogP contribution in [0.2, 0.25) is 0 Å². The molecule has 2 aromatic rings. The summed E-state index contributed by atoms with van der Waals surface area (Å²) in [6, 6.07) is 11.8. The van der Waals surface area contributed by atoms with E-state index in [-0.39, 0.29) is 6.04 Å². The topological polar surface area (TPSA) is 48.7 Å². The average molecular weight is 302 g/mol. The molecule has 0 saturated heterocycles. The molecule has 0 saturated carbocycles. The summed E-state index contributed by atoms with van der Waals surface area (Å²) in [4.78, 5) is 4.10. The van der Waals surface area contributed by atoms with Crippen LogP contribution in [0.5, 0.6) is 0 Å². The zero-order chi connectivity index (χ0) is 13.0. The molecule has 0 radical (unpaired) electrons. The molecule has 1 atom stereocenters. The Morgan fingerprint density at radius 1 is 1.39 bits per heavy atom. The van der Waals surface area contributed by atoms with Crippen LogP contribution in [0, 0.1) is 11.3 Å². The van der Waals surface area contributed by atoms with E-state index >= 15 is 0 Å². The molecule has 0 fully saturated rings. The van der Waals surface area contributed by atoms with Crippen molar-refractivity contribution in [1.29, 1.82) is 5.26 Å². The molecule has 0 aliphatic rings. The summed E-state index contributed by atoms with van der Waals surface area (Å²) in [5, 5.41) is 12.2. The van der Waals surface area contributed by atoms with E-state index in [0.29, 0.717) is 5.56 Å². The Bertz CT molecular complexity index is 575. The maximum Gasteiger partial charge on any atom is 0.100 e. The minimum Gasteiger partial charge on any atom is -0.378 e. The summed E-state index contributed by atoms with van der Waals surface area (Å²) < 4.78 is 0.799. The smallest absolute Gasteiger partial charge is 0.100 e. The molecule has 90 valence electrons. The number of halogens is 1. The fraction of sp³-hybridized carbons (Fsp3) is 0.143. The maximum absolute atomic E-state index is 8.86. The summed E-state index contributed by atoms with van der Waals surface area (Å²) >= 11 is 3.38. The van der Waals surface area contributed by atoms with Crippen molar-refractivity contribution in [2.45, 2.75) is 13.0 Å². The van der Waals surface area contributed by atoms with E-state index in [1.807, 2.05) is 30.5 Å². The molecule has 1 N–H and O–H groups in total. The minimum absolute atomic E-state index is 0.165. The minimum atomic E-state index is 0.165. The molecule has 1 unspecified atom stereocenters. The van der Waals surface area contributed by atoms with Gasteiger partial charge in [0.05, 0.1) is 11.6 Å². The third kappa shape index (κ3) is 2.88. The first-order chi connectivity index (χ1) is 8.70. The van der Waals surface area contributed by atoms with Gasteiger partial charge in [0, 0.05) is 22.6 Å². The molecule has 0 spiro atoms. The highest BCUT2D eigenvalue weighted by atomic mass is 79.9. The lowest BCUT2D eigenvalue weighted by Gasteiger charge is -2.15. The van der Waals surface area contributed by atoms with Crippen LogP contribution in [0.1, 0.15) is 24.1 Å². The van der Waals surface area contributed by atoms with Crippen molar-refractivity contribution in [2.24, 2.45) is 0 Å². The Kier molecular flexibility index (Phi) is 3.96. The van der Waals surface area contributed by atoms with Gasteiger partial charge in [-0.2, -0.15) is 5.26 Å². The molecule has 0 amide bonds. The number of aromatic nitrogens is 1. The number of anilines is 1. The molecule has 18 heavy (non-hydrogen) atoms. The van der Waals surface area contributed by atoms with Crippen molar-refractivity contribution in [3.05, 3.63) is 58.3 Å². The van der Waals surface area contributed by atoms with Gasteiger partial charge in [-0.25, -0.2) is 0 Å². The van der Waals surface area contributed by atoms with Gasteiger partial charge in [0.1, 0.15) is 6.07 Å². The number of nitrogens with one attached hydrogen (secondary N) is 1. The van der Waals surface area contributed by atoms with Crippen molar-refractivity contribution in [3.8, 4) is 6.07 Å². The van der Waals surface area contributed by atoms with Crippen molar-refractivity contribution in [3.63, 3.8) is 0 Å². The SMILES string of the molecule is CC(Nc1ccc(C#N)c(Br)c1)c1cccnc1. The van der Waals surface area contributed by atoms with Crippen LogP contribution in [0.4, 0.5) is 5.69 Å². The summed E-state index contributed by atoms with van der Waals surface area (Å²) in [7, 11) is 0. The highest BCUT2D eigenvalue weighted by Crippen LogP contribution is 2.24. The highest BCUT2D eigenvalue weighted by molar-refractivity contribution is 9.10. The Morgan fingerprint density at radius 2 is 2.22 bits per heavy atom. The van der Waals surface area contributed by atoms with Gasteiger partial charge >= 0.3 is 0 Å². The van der Waals surface area contributed by atoms with E-state index < -0.39 is 0 Å². The van der Waals surface area contributed by atoms with Gasteiger partial charge < -0.3 is 5.32 Å². The number of hydrogen-bond acceptors (Lipinski definition) is 3. The Hall–Kier alpha value is -1.86. The number of nitrogens with zero attached hydrogens (tertiary/aromatic N) is 2. The van der Waals surface area contributed by atoms with E-state index in [2.05, 4.69) is 39.2 Å². The first kappa shape index (κ1) is 12.6. The molecule has 4 heteroatoms. The first-order valence-electron chi connectivity index (χ1n) is 5.57. The molecule has 0 aliphatic carbocycles. The molecule has 2 rings (SSSR count). The molecule has 1 heterocycles. The average Bonchev–Trinajstić information content (AvgIpc) is 2.40. The van der Waals surface area contributed by atoms with E-state index in [1.54, 1.807) is 12.3 Å². The molecule has 3 nitrogen and oxygen atoms in total. The fourth-order valence-electron chi connectivity index (χ4n) is 1.66. The van der Waals surface area contributed by atoms with Gasteiger partial charge in [0.15, 0.2) is 0 Å². The molecular formula is C14H12BrN3. The van der Waals surface area contributed by atoms with Crippen LogP contribution in [0.25, 0.3) is 0 Å². The second kappa shape index (κ2) is 5.65. The maximum atomic E-state index is 8.86. The van der Waals surface area contributed by atoms with Gasteiger partial charge in [0.2, 0.25) is 0 Å². The standard InChI is InChI=1S/C14H12BrN3/c1-10(12-3-2-6-17-9-12)18-13-5-4-11(8-16)14(15)7-13/h2-7,9-10,18H,1H3. The number of benzene rings is 1. The summed E-state index contributed by atoms with van der Waals surface area (Å²) in [6.07, 6.45) is 3.60. The second-order valence-electron chi connectivity index (χ2n) is 3.96. The van der Waals surface area contributed by atoms with Gasteiger partial charge in [-0.15, -0.1) is 0 Å². The molecule has 1 aromatic carbocycles. The van der Waals surface area contributed by atoms with E-state index in [0.717, 1.165) is 15.7 Å². The van der Waals surface area contributed by atoms with Crippen molar-refractivity contribution in [1.82, 2.24) is 4.98 Å². The summed E-state index contributed by atoms with van der Waals surface area (Å²) in [5.74, 6) is 0. The van der Waals surface area contributed by atoms with E-state index in [9.17, 15) is 0 Å². The number of rotatable bonds is 3. The third-order valence-electron chi connectivity index (χ3n) is 2.66. The number of nitriles is 1. The quantitative estimate of drug-likeness (QED) is 0.935. The largest absolute Gasteiger partial charge is 0.378 e. The van der Waals surface area contributed by atoms with Gasteiger partial charge in [0.25, 0.3) is 0 Å².